The van der Waals surface area contributed by atoms with Gasteiger partial charge in [-0.3, -0.25) is 0 Å². The largest absolute Gasteiger partial charge is 0.376 e. The van der Waals surface area contributed by atoms with Crippen LogP contribution in [0.5, 0.6) is 0 Å². The lowest BCUT2D eigenvalue weighted by atomic mass is 9.95. The van der Waals surface area contributed by atoms with Crippen LogP contribution >= 0.6 is 11.3 Å². The Morgan fingerprint density at radius 3 is 3.18 bits per heavy atom. The lowest BCUT2D eigenvalue weighted by Gasteiger charge is -2.29. The maximum Gasteiger partial charge on any atom is 0.147 e. The van der Waals surface area contributed by atoms with Gasteiger partial charge in [-0.15, -0.1) is 11.3 Å². The molecule has 2 aromatic rings. The first-order valence-electron chi connectivity index (χ1n) is 5.77. The van der Waals surface area contributed by atoms with Gasteiger partial charge in [0.15, 0.2) is 0 Å². The molecule has 3 heterocycles. The van der Waals surface area contributed by atoms with Crippen molar-refractivity contribution >= 4 is 27.4 Å². The Kier molecular flexibility index (Phi) is 2.52. The Hall–Kier alpha value is -1.20. The number of ether oxygens (including phenoxy) is 1. The second-order valence-corrected chi connectivity index (χ2v) is 5.58. The predicted molar refractivity (Wildman–Crippen MR) is 69.5 cm³/mol. The molecule has 1 fully saturated rings. The van der Waals surface area contributed by atoms with E-state index in [1.54, 1.807) is 17.7 Å². The van der Waals surface area contributed by atoms with Crippen molar-refractivity contribution in [1.82, 2.24) is 9.97 Å². The Labute approximate surface area is 104 Å². The molecule has 1 saturated heterocycles. The highest BCUT2D eigenvalue weighted by atomic mass is 32.1. The van der Waals surface area contributed by atoms with Crippen LogP contribution in [-0.2, 0) is 4.74 Å². The van der Waals surface area contributed by atoms with E-state index in [2.05, 4.69) is 29.1 Å². The van der Waals surface area contributed by atoms with Crippen LogP contribution in [0.3, 0.4) is 0 Å². The minimum atomic E-state index is -0.0364. The topological polar surface area (TPSA) is 47.0 Å². The minimum Gasteiger partial charge on any atom is -0.376 e. The van der Waals surface area contributed by atoms with E-state index in [0.717, 1.165) is 29.1 Å². The number of rotatable bonds is 2. The molecule has 1 aliphatic heterocycles. The van der Waals surface area contributed by atoms with Crippen molar-refractivity contribution in [2.75, 3.05) is 11.9 Å². The van der Waals surface area contributed by atoms with Crippen molar-refractivity contribution in [3.05, 3.63) is 17.8 Å². The Morgan fingerprint density at radius 2 is 2.41 bits per heavy atom. The van der Waals surface area contributed by atoms with Crippen molar-refractivity contribution in [1.29, 1.82) is 0 Å². The lowest BCUT2D eigenvalue weighted by Crippen LogP contribution is -2.41. The molecule has 0 saturated carbocycles. The van der Waals surface area contributed by atoms with E-state index in [0.29, 0.717) is 0 Å². The van der Waals surface area contributed by atoms with E-state index in [1.807, 2.05) is 11.4 Å². The van der Waals surface area contributed by atoms with Gasteiger partial charge in [-0.2, -0.15) is 0 Å². The fourth-order valence-corrected chi connectivity index (χ4v) is 2.94. The second-order valence-electron chi connectivity index (χ2n) is 4.66. The monoisotopic (exact) mass is 249 g/mol. The van der Waals surface area contributed by atoms with Crippen LogP contribution in [0.15, 0.2) is 17.8 Å². The van der Waals surface area contributed by atoms with E-state index in [1.165, 1.54) is 0 Å². The average Bonchev–Trinajstić information content (AvgIpc) is 2.88. The van der Waals surface area contributed by atoms with E-state index in [4.69, 9.17) is 4.74 Å². The van der Waals surface area contributed by atoms with Gasteiger partial charge in [-0.05, 0) is 31.7 Å². The summed E-state index contributed by atoms with van der Waals surface area (Å²) in [6.07, 6.45) is 2.82. The zero-order valence-corrected chi connectivity index (χ0v) is 10.8. The molecule has 90 valence electrons. The number of hydrogen-bond donors (Lipinski definition) is 1. The van der Waals surface area contributed by atoms with Crippen LogP contribution in [-0.4, -0.2) is 28.2 Å². The van der Waals surface area contributed by atoms with E-state index >= 15 is 0 Å². The second kappa shape index (κ2) is 3.92. The number of hydrogen-bond acceptors (Lipinski definition) is 5. The summed E-state index contributed by atoms with van der Waals surface area (Å²) in [5.41, 5.74) is 0.966. The van der Waals surface area contributed by atoms with Gasteiger partial charge in [0.1, 0.15) is 12.1 Å². The van der Waals surface area contributed by atoms with E-state index < -0.39 is 0 Å². The number of aromatic nitrogens is 2. The third kappa shape index (κ3) is 1.79. The number of thiophene rings is 1. The highest BCUT2D eigenvalue weighted by molar-refractivity contribution is 7.17. The first-order chi connectivity index (χ1) is 8.19. The van der Waals surface area contributed by atoms with Crippen LogP contribution in [0.4, 0.5) is 5.82 Å². The first kappa shape index (κ1) is 10.9. The molecule has 5 heteroatoms. The predicted octanol–water partition coefficient (Wildman–Crippen LogP) is 2.67. The normalized spacial score (nSPS) is 28.7. The summed E-state index contributed by atoms with van der Waals surface area (Å²) in [4.78, 5) is 8.60. The van der Waals surface area contributed by atoms with Crippen molar-refractivity contribution in [2.24, 2.45) is 0 Å². The van der Waals surface area contributed by atoms with Crippen LogP contribution in [0.2, 0.25) is 0 Å². The van der Waals surface area contributed by atoms with Crippen LogP contribution in [0.1, 0.15) is 20.3 Å². The van der Waals surface area contributed by atoms with Gasteiger partial charge in [-0.25, -0.2) is 9.97 Å². The van der Waals surface area contributed by atoms with Gasteiger partial charge in [0.05, 0.1) is 21.9 Å². The van der Waals surface area contributed by atoms with Crippen LogP contribution in [0, 0.1) is 0 Å². The number of fused-ring (bicyclic) bond motifs is 1. The summed E-state index contributed by atoms with van der Waals surface area (Å²) < 4.78 is 6.75. The molecule has 2 atom stereocenters. The zero-order valence-electron chi connectivity index (χ0n) is 9.93. The van der Waals surface area contributed by atoms with Gasteiger partial charge >= 0.3 is 0 Å². The molecule has 3 rings (SSSR count). The summed E-state index contributed by atoms with van der Waals surface area (Å²) in [7, 11) is 0. The molecule has 0 spiro atoms. The van der Waals surface area contributed by atoms with Crippen molar-refractivity contribution in [3.63, 3.8) is 0 Å². The first-order valence-corrected chi connectivity index (χ1v) is 6.65. The molecule has 4 nitrogen and oxygen atoms in total. The fraction of sp³-hybridized carbons (Fsp3) is 0.500. The third-order valence-corrected chi connectivity index (χ3v) is 4.44. The molecule has 0 radical (unpaired) electrons. The molecular formula is C12H15N3OS. The van der Waals surface area contributed by atoms with Crippen molar-refractivity contribution in [2.45, 2.75) is 31.9 Å². The standard InChI is InChI=1S/C12H15N3OS/c1-8-12(2,4-5-16-8)15-11-10-9(3-6-17-10)13-7-14-11/h3,6-8H,4-5H2,1-2H3,(H,13,14,15). The smallest absolute Gasteiger partial charge is 0.147 e. The number of anilines is 1. The fourth-order valence-electron chi connectivity index (χ4n) is 2.15. The maximum atomic E-state index is 5.63. The van der Waals surface area contributed by atoms with Gasteiger partial charge in [0, 0.05) is 6.61 Å². The van der Waals surface area contributed by atoms with Crippen LogP contribution < -0.4 is 5.32 Å². The number of nitrogens with one attached hydrogen (secondary N) is 1. The highest BCUT2D eigenvalue weighted by Crippen LogP contribution is 2.32. The summed E-state index contributed by atoms with van der Waals surface area (Å²) in [6.45, 7) is 5.10. The van der Waals surface area contributed by atoms with E-state index in [9.17, 15) is 0 Å². The molecule has 0 aliphatic carbocycles. The summed E-state index contributed by atoms with van der Waals surface area (Å²) in [6, 6.07) is 2.02. The Morgan fingerprint density at radius 1 is 1.53 bits per heavy atom. The molecule has 2 aromatic heterocycles. The third-order valence-electron chi connectivity index (χ3n) is 3.53. The molecule has 0 bridgehead atoms. The zero-order chi connectivity index (χ0) is 11.9. The molecule has 0 aromatic carbocycles. The average molecular weight is 249 g/mol. The highest BCUT2D eigenvalue weighted by Gasteiger charge is 2.37. The summed E-state index contributed by atoms with van der Waals surface area (Å²) in [5, 5.41) is 5.57. The summed E-state index contributed by atoms with van der Waals surface area (Å²) in [5.74, 6) is 0.921. The molecular weight excluding hydrogens is 234 g/mol. The van der Waals surface area contributed by atoms with Crippen molar-refractivity contribution in [3.8, 4) is 0 Å². The minimum absolute atomic E-state index is 0.0364. The Bertz CT molecular complexity index is 541. The lowest BCUT2D eigenvalue weighted by molar-refractivity contribution is 0.105. The maximum absolute atomic E-state index is 5.63. The number of nitrogens with zero attached hydrogens (tertiary/aromatic N) is 2. The summed E-state index contributed by atoms with van der Waals surface area (Å²) >= 11 is 1.67. The molecule has 1 aliphatic rings. The van der Waals surface area contributed by atoms with Gasteiger partial charge in [0.2, 0.25) is 0 Å². The molecule has 2 unspecified atom stereocenters. The van der Waals surface area contributed by atoms with E-state index in [-0.39, 0.29) is 11.6 Å². The SMILES string of the molecule is CC1OCCC1(C)Nc1ncnc2ccsc12. The van der Waals surface area contributed by atoms with Gasteiger partial charge < -0.3 is 10.1 Å². The van der Waals surface area contributed by atoms with Crippen molar-refractivity contribution < 1.29 is 4.74 Å². The molecule has 17 heavy (non-hydrogen) atoms. The molecule has 0 amide bonds. The Balaban J connectivity index is 1.97. The quantitative estimate of drug-likeness (QED) is 0.889. The van der Waals surface area contributed by atoms with Gasteiger partial charge in [-0.1, -0.05) is 0 Å². The molecule has 1 N–H and O–H groups in total. The van der Waals surface area contributed by atoms with Gasteiger partial charge in [0.25, 0.3) is 0 Å². The van der Waals surface area contributed by atoms with Crippen LogP contribution in [0.25, 0.3) is 10.2 Å².